The van der Waals surface area contributed by atoms with Crippen molar-refractivity contribution < 1.29 is 18.7 Å². The van der Waals surface area contributed by atoms with E-state index in [2.05, 4.69) is 4.98 Å². The van der Waals surface area contributed by atoms with E-state index < -0.39 is 0 Å². The normalized spacial score (nSPS) is 10.5. The first-order valence-electron chi connectivity index (χ1n) is 6.40. The summed E-state index contributed by atoms with van der Waals surface area (Å²) in [6, 6.07) is 12.5. The van der Waals surface area contributed by atoms with Gasteiger partial charge in [0.25, 0.3) is 0 Å². The first-order chi connectivity index (χ1) is 10.3. The van der Waals surface area contributed by atoms with Crippen LogP contribution >= 0.6 is 0 Å². The number of oxazole rings is 1. The summed E-state index contributed by atoms with van der Waals surface area (Å²) >= 11 is 0. The summed E-state index contributed by atoms with van der Waals surface area (Å²) in [5, 5.41) is 0. The van der Waals surface area contributed by atoms with Crippen LogP contribution in [-0.4, -0.2) is 18.4 Å². The Morgan fingerprint density at radius 2 is 2.05 bits per heavy atom. The molecule has 21 heavy (non-hydrogen) atoms. The van der Waals surface area contributed by atoms with Gasteiger partial charge in [-0.2, -0.15) is 0 Å². The van der Waals surface area contributed by atoms with Gasteiger partial charge >= 0.3 is 0 Å². The zero-order chi connectivity index (χ0) is 14.7. The molecule has 5 heteroatoms. The van der Waals surface area contributed by atoms with Crippen LogP contribution in [0.3, 0.4) is 0 Å². The first-order valence-corrected chi connectivity index (χ1v) is 6.40. The Kier molecular flexibility index (Phi) is 3.55. The molecule has 0 unspecified atom stereocenters. The molecule has 0 aliphatic heterocycles. The number of methoxy groups -OCH3 is 1. The molecule has 0 atom stereocenters. The van der Waals surface area contributed by atoms with Gasteiger partial charge in [0.2, 0.25) is 5.89 Å². The summed E-state index contributed by atoms with van der Waals surface area (Å²) in [7, 11) is 1.54. The molecule has 0 saturated heterocycles. The lowest BCUT2D eigenvalue weighted by atomic mass is 10.2. The Bertz CT molecular complexity index is 746. The third-order valence-electron chi connectivity index (χ3n) is 3.01. The average Bonchev–Trinajstić information content (AvgIpc) is 2.95. The second-order valence-electron chi connectivity index (χ2n) is 4.39. The van der Waals surface area contributed by atoms with Crippen molar-refractivity contribution in [2.24, 2.45) is 0 Å². The number of rotatable bonds is 5. The molecule has 106 valence electrons. The van der Waals surface area contributed by atoms with E-state index in [4.69, 9.17) is 13.9 Å². The van der Waals surface area contributed by atoms with Gasteiger partial charge in [0.15, 0.2) is 23.7 Å². The topological polar surface area (TPSA) is 61.6 Å². The van der Waals surface area contributed by atoms with Gasteiger partial charge in [-0.1, -0.05) is 12.1 Å². The fraction of sp³-hybridized carbons (Fsp3) is 0.125. The minimum atomic E-state index is 0.160. The van der Waals surface area contributed by atoms with Gasteiger partial charge in [0.1, 0.15) is 11.8 Å². The number of nitrogens with zero attached hydrogens (tertiary/aromatic N) is 1. The molecule has 0 aliphatic carbocycles. The van der Waals surface area contributed by atoms with Gasteiger partial charge in [-0.3, -0.25) is 4.79 Å². The average molecular weight is 283 g/mol. The SMILES string of the molecule is COc1ccc(C=O)cc1OCc1nc2ccccc2o1. The molecule has 0 aliphatic rings. The highest BCUT2D eigenvalue weighted by molar-refractivity contribution is 5.76. The molecule has 0 fully saturated rings. The number of hydrogen-bond acceptors (Lipinski definition) is 5. The van der Waals surface area contributed by atoms with Crippen LogP contribution in [0, 0.1) is 0 Å². The van der Waals surface area contributed by atoms with Gasteiger partial charge < -0.3 is 13.9 Å². The Balaban J connectivity index is 1.82. The van der Waals surface area contributed by atoms with Crippen LogP contribution in [0.5, 0.6) is 11.5 Å². The maximum atomic E-state index is 10.8. The van der Waals surface area contributed by atoms with Crippen molar-refractivity contribution in [1.82, 2.24) is 4.98 Å². The van der Waals surface area contributed by atoms with Crippen LogP contribution < -0.4 is 9.47 Å². The fourth-order valence-electron chi connectivity index (χ4n) is 2.00. The number of fused-ring (bicyclic) bond motifs is 1. The first kappa shape index (κ1) is 13.2. The number of hydrogen-bond donors (Lipinski definition) is 0. The summed E-state index contributed by atoms with van der Waals surface area (Å²) in [5.74, 6) is 1.50. The van der Waals surface area contributed by atoms with Gasteiger partial charge in [-0.25, -0.2) is 4.98 Å². The number of aldehydes is 1. The Morgan fingerprint density at radius 3 is 2.81 bits per heavy atom. The van der Waals surface area contributed by atoms with Crippen LogP contribution in [0.25, 0.3) is 11.1 Å². The van der Waals surface area contributed by atoms with Crippen LogP contribution in [-0.2, 0) is 6.61 Å². The minimum absolute atomic E-state index is 0.160. The molecule has 0 bridgehead atoms. The molecule has 0 radical (unpaired) electrons. The lowest BCUT2D eigenvalue weighted by Crippen LogP contribution is -1.98. The van der Waals surface area contributed by atoms with E-state index in [0.717, 1.165) is 11.8 Å². The summed E-state index contributed by atoms with van der Waals surface area (Å²) in [5.41, 5.74) is 2.01. The van der Waals surface area contributed by atoms with E-state index in [-0.39, 0.29) is 6.61 Å². The zero-order valence-corrected chi connectivity index (χ0v) is 11.4. The second-order valence-corrected chi connectivity index (χ2v) is 4.39. The molecule has 1 heterocycles. The quantitative estimate of drug-likeness (QED) is 0.673. The van der Waals surface area contributed by atoms with E-state index in [1.54, 1.807) is 25.3 Å². The fourth-order valence-corrected chi connectivity index (χ4v) is 2.00. The van der Waals surface area contributed by atoms with Crippen LogP contribution in [0.1, 0.15) is 16.2 Å². The van der Waals surface area contributed by atoms with Crippen LogP contribution in [0.4, 0.5) is 0 Å². The van der Waals surface area contributed by atoms with E-state index in [1.807, 2.05) is 24.3 Å². The molecule has 3 aromatic rings. The molecule has 1 aromatic heterocycles. The highest BCUT2D eigenvalue weighted by Crippen LogP contribution is 2.28. The third kappa shape index (κ3) is 2.72. The van der Waals surface area contributed by atoms with E-state index in [0.29, 0.717) is 28.5 Å². The number of carbonyl (C=O) groups excluding carboxylic acids is 1. The lowest BCUT2D eigenvalue weighted by Gasteiger charge is -2.09. The van der Waals surface area contributed by atoms with Crippen molar-refractivity contribution in [1.29, 1.82) is 0 Å². The molecule has 5 nitrogen and oxygen atoms in total. The lowest BCUT2D eigenvalue weighted by molar-refractivity contribution is 0.112. The van der Waals surface area contributed by atoms with Crippen molar-refractivity contribution in [3.63, 3.8) is 0 Å². The highest BCUT2D eigenvalue weighted by Gasteiger charge is 2.09. The largest absolute Gasteiger partial charge is 0.493 e. The molecule has 0 saturated carbocycles. The molecule has 2 aromatic carbocycles. The number of para-hydroxylation sites is 2. The van der Waals surface area contributed by atoms with Crippen molar-refractivity contribution in [3.05, 3.63) is 53.9 Å². The van der Waals surface area contributed by atoms with E-state index in [1.165, 1.54) is 0 Å². The molecule has 0 amide bonds. The molecule has 3 rings (SSSR count). The van der Waals surface area contributed by atoms with Crippen molar-refractivity contribution >= 4 is 17.4 Å². The smallest absolute Gasteiger partial charge is 0.233 e. The number of aromatic nitrogens is 1. The van der Waals surface area contributed by atoms with Gasteiger partial charge in [-0.15, -0.1) is 0 Å². The molecular formula is C16H13NO4. The highest BCUT2D eigenvalue weighted by atomic mass is 16.5. The predicted octanol–water partition coefficient (Wildman–Crippen LogP) is 3.23. The van der Waals surface area contributed by atoms with Gasteiger partial charge in [0, 0.05) is 5.56 Å². The molecule has 0 spiro atoms. The predicted molar refractivity (Wildman–Crippen MR) is 76.7 cm³/mol. The van der Waals surface area contributed by atoms with Crippen molar-refractivity contribution in [2.45, 2.75) is 6.61 Å². The minimum Gasteiger partial charge on any atom is -0.493 e. The summed E-state index contributed by atoms with van der Waals surface area (Å²) in [4.78, 5) is 15.1. The van der Waals surface area contributed by atoms with E-state index in [9.17, 15) is 4.79 Å². The number of benzene rings is 2. The zero-order valence-electron chi connectivity index (χ0n) is 11.4. The van der Waals surface area contributed by atoms with Crippen LogP contribution in [0.2, 0.25) is 0 Å². The van der Waals surface area contributed by atoms with Crippen LogP contribution in [0.15, 0.2) is 46.9 Å². The van der Waals surface area contributed by atoms with Gasteiger partial charge in [0.05, 0.1) is 7.11 Å². The van der Waals surface area contributed by atoms with Crippen molar-refractivity contribution in [3.8, 4) is 11.5 Å². The van der Waals surface area contributed by atoms with Gasteiger partial charge in [-0.05, 0) is 30.3 Å². The Hall–Kier alpha value is -2.82. The standard InChI is InChI=1S/C16H13NO4/c1-19-14-7-6-11(9-18)8-15(14)20-10-16-17-12-4-2-3-5-13(12)21-16/h2-9H,10H2,1H3. The second kappa shape index (κ2) is 5.66. The summed E-state index contributed by atoms with van der Waals surface area (Å²) < 4.78 is 16.4. The number of ether oxygens (including phenoxy) is 2. The third-order valence-corrected chi connectivity index (χ3v) is 3.01. The summed E-state index contributed by atoms with van der Waals surface area (Å²) in [6.45, 7) is 0.160. The molecular weight excluding hydrogens is 270 g/mol. The molecule has 0 N–H and O–H groups in total. The summed E-state index contributed by atoms with van der Waals surface area (Å²) in [6.07, 6.45) is 0.756. The van der Waals surface area contributed by atoms with E-state index >= 15 is 0 Å². The van der Waals surface area contributed by atoms with Crippen molar-refractivity contribution in [2.75, 3.05) is 7.11 Å². The Labute approximate surface area is 121 Å². The number of carbonyl (C=O) groups is 1. The maximum absolute atomic E-state index is 10.8. The maximum Gasteiger partial charge on any atom is 0.233 e. The monoisotopic (exact) mass is 283 g/mol. The Morgan fingerprint density at radius 1 is 1.19 bits per heavy atom.